The first-order valence-corrected chi connectivity index (χ1v) is 14.9. The molecule has 4 aliphatic carbocycles. The van der Waals surface area contributed by atoms with E-state index in [9.17, 15) is 54.1 Å². The number of hydrogen-bond donors (Lipinski definition) is 0. The summed E-state index contributed by atoms with van der Waals surface area (Å²) in [4.78, 5) is 51.0. The van der Waals surface area contributed by atoms with Gasteiger partial charge < -0.3 is 9.29 Å². The second-order valence-electron chi connectivity index (χ2n) is 12.2. The molecule has 4 aliphatic rings. The number of fused-ring (bicyclic) bond motifs is 5. The van der Waals surface area contributed by atoms with Crippen LogP contribution >= 0.6 is 0 Å². The van der Waals surface area contributed by atoms with Gasteiger partial charge in [0.1, 0.15) is 17.3 Å². The molecule has 0 amide bonds. The quantitative estimate of drug-likeness (QED) is 0.241. The fourth-order valence-corrected chi connectivity index (χ4v) is 8.74. The van der Waals surface area contributed by atoms with Crippen molar-refractivity contribution in [3.05, 3.63) is 0 Å². The lowest BCUT2D eigenvalue weighted by molar-refractivity contribution is -0.259. The minimum atomic E-state index is -6.79. The molecule has 0 aromatic rings. The third kappa shape index (κ3) is 5.22. The van der Waals surface area contributed by atoms with Crippen LogP contribution in [0.2, 0.25) is 0 Å². The number of rotatable bonds is 7. The monoisotopic (exact) mass is 599 g/mol. The Morgan fingerprint density at radius 1 is 1.05 bits per heavy atom. The number of carbonyl (C=O) groups is 4. The first-order valence-electron chi connectivity index (χ1n) is 13.5. The molecule has 0 saturated heterocycles. The van der Waals surface area contributed by atoms with Crippen LogP contribution in [0.15, 0.2) is 0 Å². The Morgan fingerprint density at radius 3 is 2.30 bits per heavy atom. The third-order valence-electron chi connectivity index (χ3n) is 10.2. The van der Waals surface area contributed by atoms with Gasteiger partial charge in [-0.1, -0.05) is 13.8 Å². The van der Waals surface area contributed by atoms with Crippen LogP contribution in [0, 0.1) is 46.8 Å². The number of ketones is 3. The predicted molar refractivity (Wildman–Crippen MR) is 125 cm³/mol. The molecule has 0 heterocycles. The molecule has 8 nitrogen and oxygen atoms in total. The van der Waals surface area contributed by atoms with Gasteiger partial charge in [-0.2, -0.15) is 22.0 Å². The molecule has 40 heavy (non-hydrogen) atoms. The molecule has 0 aromatic carbocycles. The van der Waals surface area contributed by atoms with E-state index in [-0.39, 0.29) is 65.7 Å². The van der Waals surface area contributed by atoms with Crippen LogP contribution in [0.3, 0.4) is 0 Å². The summed E-state index contributed by atoms with van der Waals surface area (Å²) in [7, 11) is -6.79. The van der Waals surface area contributed by atoms with Crippen LogP contribution in [0.1, 0.15) is 71.6 Å². The second-order valence-corrected chi connectivity index (χ2v) is 13.7. The van der Waals surface area contributed by atoms with E-state index < -0.39 is 51.4 Å². The molecule has 4 saturated carbocycles. The zero-order valence-electron chi connectivity index (χ0n) is 22.0. The summed E-state index contributed by atoms with van der Waals surface area (Å²) in [5.74, 6) is -3.02. The van der Waals surface area contributed by atoms with Crippen molar-refractivity contribution < 1.29 is 58.8 Å². The van der Waals surface area contributed by atoms with Gasteiger partial charge in [-0.05, 0) is 61.2 Å². The Labute approximate surface area is 228 Å². The highest BCUT2D eigenvalue weighted by Gasteiger charge is 2.64. The second kappa shape index (κ2) is 10.4. The molecule has 4 fully saturated rings. The highest BCUT2D eigenvalue weighted by atomic mass is 32.2. The highest BCUT2D eigenvalue weighted by Crippen LogP contribution is 2.63. The molecule has 0 aliphatic heterocycles. The van der Waals surface area contributed by atoms with Gasteiger partial charge in [-0.3, -0.25) is 19.2 Å². The van der Waals surface area contributed by atoms with Gasteiger partial charge in [0.05, 0.1) is 0 Å². The van der Waals surface area contributed by atoms with Crippen LogP contribution in [-0.2, 0) is 34.0 Å². The van der Waals surface area contributed by atoms with Crippen molar-refractivity contribution in [3.63, 3.8) is 0 Å². The van der Waals surface area contributed by atoms with Gasteiger partial charge in [-0.25, -0.2) is 8.42 Å². The summed E-state index contributed by atoms with van der Waals surface area (Å²) in [6, 6.07) is 0. The lowest BCUT2D eigenvalue weighted by Crippen LogP contribution is -2.56. The van der Waals surface area contributed by atoms with Crippen molar-refractivity contribution in [2.75, 3.05) is 0 Å². The van der Waals surface area contributed by atoms with E-state index in [2.05, 4.69) is 4.74 Å². The number of halogens is 5. The van der Waals surface area contributed by atoms with Crippen molar-refractivity contribution in [2.24, 2.45) is 46.8 Å². The fourth-order valence-electron chi connectivity index (χ4n) is 8.30. The van der Waals surface area contributed by atoms with Crippen molar-refractivity contribution in [2.45, 2.75) is 89.2 Å². The minimum absolute atomic E-state index is 0.0292. The molecular weight excluding hydrogens is 567 g/mol. The molecule has 0 aromatic heterocycles. The van der Waals surface area contributed by atoms with Crippen molar-refractivity contribution >= 4 is 33.4 Å². The summed E-state index contributed by atoms with van der Waals surface area (Å²) < 4.78 is 103. The number of alkyl halides is 5. The Hall–Kier alpha value is -1.96. The van der Waals surface area contributed by atoms with Crippen LogP contribution in [0.4, 0.5) is 22.0 Å². The number of ether oxygens (including phenoxy) is 1. The van der Waals surface area contributed by atoms with Crippen LogP contribution in [0.5, 0.6) is 0 Å². The van der Waals surface area contributed by atoms with Crippen molar-refractivity contribution in [3.8, 4) is 0 Å². The molecule has 2 unspecified atom stereocenters. The third-order valence-corrected chi connectivity index (χ3v) is 11.0. The van der Waals surface area contributed by atoms with E-state index in [0.717, 1.165) is 0 Å². The zero-order chi connectivity index (χ0) is 30.0. The average molecular weight is 600 g/mol. The molecule has 226 valence electrons. The molecule has 0 bridgehead atoms. The lowest BCUT2D eigenvalue weighted by atomic mass is 9.48. The van der Waals surface area contributed by atoms with Gasteiger partial charge >= 0.3 is 17.4 Å². The maximum Gasteiger partial charge on any atom is 0.432 e. The van der Waals surface area contributed by atoms with Crippen LogP contribution in [0.25, 0.3) is 0 Å². The summed E-state index contributed by atoms with van der Waals surface area (Å²) in [5, 5.41) is -5.92. The van der Waals surface area contributed by atoms with Gasteiger partial charge in [0.15, 0.2) is 10.1 Å². The van der Waals surface area contributed by atoms with Gasteiger partial charge in [0.25, 0.3) is 6.10 Å². The summed E-state index contributed by atoms with van der Waals surface area (Å²) >= 11 is 0. The molecule has 0 N–H and O–H groups in total. The fraction of sp³-hybridized carbons (Fsp3) is 0.846. The largest absolute Gasteiger partial charge is 0.743 e. The van der Waals surface area contributed by atoms with Gasteiger partial charge in [0.2, 0.25) is 0 Å². The normalized spacial score (nSPS) is 36.4. The lowest BCUT2D eigenvalue weighted by Gasteiger charge is -2.54. The highest BCUT2D eigenvalue weighted by molar-refractivity contribution is 7.86. The number of esters is 1. The smallest absolute Gasteiger partial charge is 0.432 e. The first-order chi connectivity index (χ1) is 18.3. The first kappa shape index (κ1) is 31.0. The standard InChI is InChI=1S/C26H33F5O8S/c1-12(3-8-21(35)39-23(25(27,28)29)26(30,31)40(36,37)38)17-6-7-18-22-16(11-20(34)24(17,18)2)15-5-4-14(32)9-13(15)10-19(22)33/h12-13,15-18,22-23H,3-11H2,1-2H3,(H,36,37,38)/p-1/t12?,13-,15-,16+,17+,18-,22+,23?,24+/m0/s1. The summed E-state index contributed by atoms with van der Waals surface area (Å²) in [5.41, 5.74) is -0.921. The molecular formula is C26H32F5O8S-. The number of Topliss-reactive ketones (excluding diaryl/α,β-unsaturated/α-hetero) is 3. The van der Waals surface area contributed by atoms with Crippen molar-refractivity contribution in [1.29, 1.82) is 0 Å². The topological polar surface area (TPSA) is 135 Å². The van der Waals surface area contributed by atoms with E-state index in [1.807, 2.05) is 0 Å². The molecule has 4 rings (SSSR count). The van der Waals surface area contributed by atoms with E-state index in [1.54, 1.807) is 13.8 Å². The van der Waals surface area contributed by atoms with Crippen molar-refractivity contribution in [1.82, 2.24) is 0 Å². The number of carbonyl (C=O) groups excluding carboxylic acids is 4. The van der Waals surface area contributed by atoms with Gasteiger partial charge in [0, 0.05) is 43.4 Å². The maximum absolute atomic E-state index is 13.7. The number of hydrogen-bond acceptors (Lipinski definition) is 8. The predicted octanol–water partition coefficient (Wildman–Crippen LogP) is 4.21. The van der Waals surface area contributed by atoms with Crippen LogP contribution in [-0.4, -0.2) is 53.8 Å². The Balaban J connectivity index is 1.45. The molecule has 9 atom stereocenters. The Bertz CT molecular complexity index is 1180. The molecule has 14 heteroatoms. The van der Waals surface area contributed by atoms with E-state index >= 15 is 0 Å². The van der Waals surface area contributed by atoms with E-state index in [0.29, 0.717) is 38.5 Å². The molecule has 0 spiro atoms. The minimum Gasteiger partial charge on any atom is -0.743 e. The SMILES string of the molecule is CC(CCC(=O)OC(C(F)(F)F)C(F)(F)S(=O)(=O)[O-])[C@H]1CC[C@H]2[C@@H]3C(=O)C[C@@H]4CC(=O)CC[C@@H]4[C@H]3CC(=O)[C@]12C. The average Bonchev–Trinajstić information content (AvgIpc) is 3.17. The zero-order valence-corrected chi connectivity index (χ0v) is 22.9. The Kier molecular flexibility index (Phi) is 8.05. The van der Waals surface area contributed by atoms with E-state index in [1.165, 1.54) is 0 Å². The van der Waals surface area contributed by atoms with Gasteiger partial charge in [-0.15, -0.1) is 0 Å². The maximum atomic E-state index is 13.7. The molecule has 0 radical (unpaired) electrons. The van der Waals surface area contributed by atoms with Crippen LogP contribution < -0.4 is 0 Å². The Morgan fingerprint density at radius 2 is 1.70 bits per heavy atom. The summed E-state index contributed by atoms with van der Waals surface area (Å²) in [6.07, 6.45) is -8.38. The van der Waals surface area contributed by atoms with E-state index in [4.69, 9.17) is 0 Å². The summed E-state index contributed by atoms with van der Waals surface area (Å²) in [6.45, 7) is 3.46.